The molecule has 0 amide bonds. The first-order chi connectivity index (χ1) is 5.85. The van der Waals surface area contributed by atoms with Crippen LogP contribution in [0.5, 0.6) is 0 Å². The normalized spacial score (nSPS) is 11.0. The summed E-state index contributed by atoms with van der Waals surface area (Å²) >= 11 is 0. The minimum Gasteiger partial charge on any atom is -0.329 e. The fourth-order valence-corrected chi connectivity index (χ4v) is 1.18. The monoisotopic (exact) mass is 176 g/mol. The van der Waals surface area contributed by atoms with Gasteiger partial charge in [0.05, 0.1) is 6.67 Å². The minimum absolute atomic E-state index is 0.215. The highest BCUT2D eigenvalue weighted by Crippen LogP contribution is 1.96. The van der Waals surface area contributed by atoms with Crippen LogP contribution in [0.3, 0.4) is 0 Å². The van der Waals surface area contributed by atoms with Crippen molar-refractivity contribution in [3.8, 4) is 0 Å². The predicted octanol–water partition coefficient (Wildman–Crippen LogP) is 1.41. The first-order valence-corrected chi connectivity index (χ1v) is 4.83. The Morgan fingerprint density at radius 3 is 2.33 bits per heavy atom. The molecule has 0 aromatic rings. The van der Waals surface area contributed by atoms with E-state index >= 15 is 0 Å². The first-order valence-electron chi connectivity index (χ1n) is 4.83. The summed E-state index contributed by atoms with van der Waals surface area (Å²) < 4.78 is 11.9. The number of hydrogen-bond acceptors (Lipinski definition) is 2. The molecule has 12 heavy (non-hydrogen) atoms. The minimum atomic E-state index is -0.215. The van der Waals surface area contributed by atoms with Gasteiger partial charge in [-0.2, -0.15) is 0 Å². The molecule has 0 radical (unpaired) electrons. The van der Waals surface area contributed by atoms with E-state index in [1.807, 2.05) is 0 Å². The SMILES string of the molecule is CCCCN(CCN)CCCF. The molecule has 0 bridgehead atoms. The zero-order valence-electron chi connectivity index (χ0n) is 8.06. The second-order valence-corrected chi connectivity index (χ2v) is 3.03. The van der Waals surface area contributed by atoms with E-state index in [1.54, 1.807) is 0 Å². The molecule has 0 aliphatic heterocycles. The van der Waals surface area contributed by atoms with Crippen molar-refractivity contribution in [1.29, 1.82) is 0 Å². The molecule has 0 saturated heterocycles. The summed E-state index contributed by atoms with van der Waals surface area (Å²) in [6.07, 6.45) is 3.02. The Kier molecular flexibility index (Phi) is 8.83. The average Bonchev–Trinajstić information content (AvgIpc) is 2.10. The molecule has 2 nitrogen and oxygen atoms in total. The van der Waals surface area contributed by atoms with Crippen LogP contribution in [0.2, 0.25) is 0 Å². The van der Waals surface area contributed by atoms with E-state index < -0.39 is 0 Å². The molecule has 0 aliphatic rings. The van der Waals surface area contributed by atoms with E-state index in [9.17, 15) is 4.39 Å². The molecule has 0 aliphatic carbocycles. The molecule has 0 spiro atoms. The number of nitrogens with zero attached hydrogens (tertiary/aromatic N) is 1. The Morgan fingerprint density at radius 2 is 1.83 bits per heavy atom. The number of hydrogen-bond donors (Lipinski definition) is 1. The van der Waals surface area contributed by atoms with Gasteiger partial charge in [0.25, 0.3) is 0 Å². The molecule has 3 heteroatoms. The van der Waals surface area contributed by atoms with Crippen LogP contribution in [0.15, 0.2) is 0 Å². The fraction of sp³-hybridized carbons (Fsp3) is 1.00. The molecular formula is C9H21FN2. The number of halogens is 1. The van der Waals surface area contributed by atoms with Gasteiger partial charge in [-0.05, 0) is 19.4 Å². The van der Waals surface area contributed by atoms with E-state index in [0.29, 0.717) is 13.0 Å². The van der Waals surface area contributed by atoms with Gasteiger partial charge in [-0.25, -0.2) is 0 Å². The maximum absolute atomic E-state index is 11.9. The summed E-state index contributed by atoms with van der Waals surface area (Å²) in [4.78, 5) is 2.24. The fourth-order valence-electron chi connectivity index (χ4n) is 1.18. The van der Waals surface area contributed by atoms with Crippen molar-refractivity contribution in [2.24, 2.45) is 5.73 Å². The summed E-state index contributed by atoms with van der Waals surface area (Å²) in [5, 5.41) is 0. The summed E-state index contributed by atoms with van der Waals surface area (Å²) in [6, 6.07) is 0. The van der Waals surface area contributed by atoms with Crippen molar-refractivity contribution >= 4 is 0 Å². The lowest BCUT2D eigenvalue weighted by molar-refractivity contribution is 0.261. The molecule has 74 valence electrons. The number of unbranched alkanes of at least 4 members (excludes halogenated alkanes) is 1. The summed E-state index contributed by atoms with van der Waals surface area (Å²) in [6.45, 7) is 5.44. The zero-order chi connectivity index (χ0) is 9.23. The molecule has 0 fully saturated rings. The van der Waals surface area contributed by atoms with Gasteiger partial charge in [-0.1, -0.05) is 13.3 Å². The van der Waals surface area contributed by atoms with Gasteiger partial charge in [0.15, 0.2) is 0 Å². The molecule has 0 unspecified atom stereocenters. The van der Waals surface area contributed by atoms with Crippen LogP contribution in [0.25, 0.3) is 0 Å². The van der Waals surface area contributed by atoms with Crippen LogP contribution in [0.4, 0.5) is 4.39 Å². The first kappa shape index (κ1) is 11.8. The lowest BCUT2D eigenvalue weighted by Gasteiger charge is -2.20. The molecule has 0 atom stereocenters. The van der Waals surface area contributed by atoms with Gasteiger partial charge in [-0.3, -0.25) is 4.39 Å². The second kappa shape index (κ2) is 8.94. The van der Waals surface area contributed by atoms with Crippen molar-refractivity contribution in [3.05, 3.63) is 0 Å². The quantitative estimate of drug-likeness (QED) is 0.606. The molecule has 0 aromatic carbocycles. The van der Waals surface area contributed by atoms with Gasteiger partial charge >= 0.3 is 0 Å². The Hall–Kier alpha value is -0.150. The van der Waals surface area contributed by atoms with Gasteiger partial charge < -0.3 is 10.6 Å². The summed E-state index contributed by atoms with van der Waals surface area (Å²) in [7, 11) is 0. The van der Waals surface area contributed by atoms with Crippen LogP contribution in [0.1, 0.15) is 26.2 Å². The second-order valence-electron chi connectivity index (χ2n) is 3.03. The van der Waals surface area contributed by atoms with E-state index in [0.717, 1.165) is 19.6 Å². The molecule has 0 heterocycles. The van der Waals surface area contributed by atoms with Crippen molar-refractivity contribution in [3.63, 3.8) is 0 Å². The molecular weight excluding hydrogens is 155 g/mol. The highest BCUT2D eigenvalue weighted by molar-refractivity contribution is 4.57. The summed E-state index contributed by atoms with van der Waals surface area (Å²) in [5.41, 5.74) is 5.44. The van der Waals surface area contributed by atoms with Crippen LogP contribution < -0.4 is 5.73 Å². The van der Waals surface area contributed by atoms with Crippen LogP contribution in [-0.2, 0) is 0 Å². The maximum atomic E-state index is 11.9. The molecule has 0 aromatic heterocycles. The number of rotatable bonds is 8. The lowest BCUT2D eigenvalue weighted by Crippen LogP contribution is -2.31. The Morgan fingerprint density at radius 1 is 1.17 bits per heavy atom. The van der Waals surface area contributed by atoms with Crippen molar-refractivity contribution in [1.82, 2.24) is 4.90 Å². The molecule has 0 rings (SSSR count). The highest BCUT2D eigenvalue weighted by atomic mass is 19.1. The van der Waals surface area contributed by atoms with Crippen LogP contribution in [-0.4, -0.2) is 37.8 Å². The summed E-state index contributed by atoms with van der Waals surface area (Å²) in [5.74, 6) is 0. The maximum Gasteiger partial charge on any atom is 0.0906 e. The Labute approximate surface area is 74.9 Å². The van der Waals surface area contributed by atoms with Crippen molar-refractivity contribution in [2.75, 3.05) is 32.9 Å². The number of alkyl halides is 1. The largest absolute Gasteiger partial charge is 0.329 e. The third-order valence-corrected chi connectivity index (χ3v) is 1.88. The average molecular weight is 176 g/mol. The molecule has 0 saturated carbocycles. The Bertz CT molecular complexity index is 80.6. The van der Waals surface area contributed by atoms with Crippen LogP contribution >= 0.6 is 0 Å². The van der Waals surface area contributed by atoms with Gasteiger partial charge in [0, 0.05) is 19.6 Å². The standard InChI is InChI=1S/C9H21FN2/c1-2-3-7-12(9-6-11)8-4-5-10/h2-9,11H2,1H3. The zero-order valence-corrected chi connectivity index (χ0v) is 8.06. The van der Waals surface area contributed by atoms with Crippen molar-refractivity contribution in [2.45, 2.75) is 26.2 Å². The third kappa shape index (κ3) is 6.55. The predicted molar refractivity (Wildman–Crippen MR) is 51.0 cm³/mol. The van der Waals surface area contributed by atoms with Gasteiger partial charge in [-0.15, -0.1) is 0 Å². The van der Waals surface area contributed by atoms with E-state index in [1.165, 1.54) is 12.8 Å². The van der Waals surface area contributed by atoms with Crippen molar-refractivity contribution < 1.29 is 4.39 Å². The van der Waals surface area contributed by atoms with E-state index in [2.05, 4.69) is 11.8 Å². The van der Waals surface area contributed by atoms with Gasteiger partial charge in [0.1, 0.15) is 0 Å². The van der Waals surface area contributed by atoms with Crippen LogP contribution in [0, 0.1) is 0 Å². The topological polar surface area (TPSA) is 29.3 Å². The lowest BCUT2D eigenvalue weighted by atomic mass is 10.3. The third-order valence-electron chi connectivity index (χ3n) is 1.88. The van der Waals surface area contributed by atoms with Gasteiger partial charge in [0.2, 0.25) is 0 Å². The smallest absolute Gasteiger partial charge is 0.0906 e. The highest BCUT2D eigenvalue weighted by Gasteiger charge is 2.01. The Balaban J connectivity index is 3.40. The molecule has 2 N–H and O–H groups in total. The van der Waals surface area contributed by atoms with E-state index in [-0.39, 0.29) is 6.67 Å². The van der Waals surface area contributed by atoms with E-state index in [4.69, 9.17) is 5.73 Å². The number of nitrogens with two attached hydrogens (primary N) is 1.